The minimum absolute atomic E-state index is 0.212. The average Bonchev–Trinajstić information content (AvgIpc) is 3.11. The van der Waals surface area contributed by atoms with Gasteiger partial charge in [0.25, 0.3) is 11.8 Å². The molecular formula is C25H22N2O7. The molecule has 2 aliphatic heterocycles. The lowest BCUT2D eigenvalue weighted by molar-refractivity contribution is -0.170. The summed E-state index contributed by atoms with van der Waals surface area (Å²) in [4.78, 5) is 66.0. The van der Waals surface area contributed by atoms with Crippen LogP contribution in [0, 0.1) is 0 Å². The summed E-state index contributed by atoms with van der Waals surface area (Å²) in [5.74, 6) is -3.33. The summed E-state index contributed by atoms with van der Waals surface area (Å²) in [5, 5.41) is 0. The first-order valence-electron chi connectivity index (χ1n) is 10.6. The van der Waals surface area contributed by atoms with Crippen LogP contribution in [-0.4, -0.2) is 71.8 Å². The van der Waals surface area contributed by atoms with E-state index < -0.39 is 54.2 Å². The molecule has 3 amide bonds. The van der Waals surface area contributed by atoms with Crippen LogP contribution in [0.4, 0.5) is 0 Å². The Morgan fingerprint density at radius 2 is 1.50 bits per heavy atom. The number of carbonyl (C=O) groups excluding carboxylic acids is 5. The van der Waals surface area contributed by atoms with Gasteiger partial charge in [0.2, 0.25) is 5.91 Å². The van der Waals surface area contributed by atoms with Crippen LogP contribution in [0.2, 0.25) is 0 Å². The number of amides is 3. The summed E-state index contributed by atoms with van der Waals surface area (Å²) in [7, 11) is 2.32. The van der Waals surface area contributed by atoms with Gasteiger partial charge in [0.05, 0.1) is 37.8 Å². The molecule has 4 rings (SSSR count). The number of fused-ring (bicyclic) bond motifs is 1. The van der Waals surface area contributed by atoms with Crippen molar-refractivity contribution in [1.82, 2.24) is 9.80 Å². The Labute approximate surface area is 195 Å². The topological polar surface area (TPSA) is 110 Å². The zero-order chi connectivity index (χ0) is 24.4. The van der Waals surface area contributed by atoms with E-state index in [4.69, 9.17) is 4.74 Å². The molecule has 0 N–H and O–H groups in total. The summed E-state index contributed by atoms with van der Waals surface area (Å²) in [6, 6.07) is 12.2. The van der Waals surface area contributed by atoms with Gasteiger partial charge < -0.3 is 14.4 Å². The SMILES string of the molecule is COC(=O)C[C@@H](C(=O)OC)N1C(=O)C(N2C(=O)c3ccccc3C2=O)C1/C=C/c1ccccc1. The van der Waals surface area contributed by atoms with E-state index in [-0.39, 0.29) is 11.1 Å². The summed E-state index contributed by atoms with van der Waals surface area (Å²) in [5.41, 5.74) is 1.23. The number of hydrogen-bond acceptors (Lipinski definition) is 7. The van der Waals surface area contributed by atoms with E-state index in [1.807, 2.05) is 30.3 Å². The minimum Gasteiger partial charge on any atom is -0.469 e. The molecule has 1 fully saturated rings. The summed E-state index contributed by atoms with van der Waals surface area (Å²) in [6.45, 7) is 0. The second-order valence-corrected chi connectivity index (χ2v) is 7.80. The van der Waals surface area contributed by atoms with Crippen molar-refractivity contribution >= 4 is 35.7 Å². The molecule has 2 aromatic carbocycles. The second-order valence-electron chi connectivity index (χ2n) is 7.80. The molecule has 2 heterocycles. The van der Waals surface area contributed by atoms with Crippen molar-refractivity contribution in [3.8, 4) is 0 Å². The van der Waals surface area contributed by atoms with E-state index in [0.29, 0.717) is 0 Å². The van der Waals surface area contributed by atoms with Crippen molar-refractivity contribution in [2.45, 2.75) is 24.5 Å². The molecule has 0 aromatic heterocycles. The van der Waals surface area contributed by atoms with Crippen molar-refractivity contribution in [2.24, 2.45) is 0 Å². The number of benzene rings is 2. The van der Waals surface area contributed by atoms with Crippen LogP contribution in [0.25, 0.3) is 6.08 Å². The molecule has 34 heavy (non-hydrogen) atoms. The summed E-state index contributed by atoms with van der Waals surface area (Å²) in [6.07, 6.45) is 2.93. The Balaban J connectivity index is 1.72. The predicted molar refractivity (Wildman–Crippen MR) is 119 cm³/mol. The van der Waals surface area contributed by atoms with Crippen molar-refractivity contribution in [1.29, 1.82) is 0 Å². The lowest BCUT2D eigenvalue weighted by Gasteiger charge is -2.50. The number of imide groups is 1. The van der Waals surface area contributed by atoms with E-state index in [1.165, 1.54) is 19.2 Å². The predicted octanol–water partition coefficient (Wildman–Crippen LogP) is 1.68. The van der Waals surface area contributed by atoms with Crippen molar-refractivity contribution < 1.29 is 33.4 Å². The number of nitrogens with zero attached hydrogens (tertiary/aromatic N) is 2. The van der Waals surface area contributed by atoms with Crippen LogP contribution >= 0.6 is 0 Å². The van der Waals surface area contributed by atoms with Gasteiger partial charge in [-0.25, -0.2) is 4.79 Å². The zero-order valence-corrected chi connectivity index (χ0v) is 18.5. The van der Waals surface area contributed by atoms with Crippen LogP contribution in [-0.2, 0) is 23.9 Å². The minimum atomic E-state index is -1.28. The number of carbonyl (C=O) groups is 5. The highest BCUT2D eigenvalue weighted by atomic mass is 16.5. The van der Waals surface area contributed by atoms with Gasteiger partial charge in [-0.2, -0.15) is 0 Å². The maximum Gasteiger partial charge on any atom is 0.329 e. The van der Waals surface area contributed by atoms with Crippen molar-refractivity contribution in [3.63, 3.8) is 0 Å². The van der Waals surface area contributed by atoms with Crippen LogP contribution in [0.15, 0.2) is 60.7 Å². The molecule has 2 aliphatic rings. The molecule has 2 aromatic rings. The molecular weight excluding hydrogens is 440 g/mol. The Kier molecular flexibility index (Phi) is 6.27. The fourth-order valence-corrected chi connectivity index (χ4v) is 4.25. The standard InChI is InChI=1S/C25H22N2O7/c1-33-20(28)14-19(25(32)34-2)26-18(13-12-15-8-4-3-5-9-15)21(24(26)31)27-22(29)16-10-6-7-11-17(16)23(27)30/h3-13,18-19,21H,14H2,1-2H3/b13-12+/t18?,19-,21?/m0/s1. The van der Waals surface area contributed by atoms with E-state index in [1.54, 1.807) is 24.3 Å². The average molecular weight is 462 g/mol. The fraction of sp³-hybridized carbons (Fsp3) is 0.240. The third-order valence-electron chi connectivity index (χ3n) is 5.94. The van der Waals surface area contributed by atoms with Crippen molar-refractivity contribution in [2.75, 3.05) is 14.2 Å². The smallest absolute Gasteiger partial charge is 0.329 e. The largest absolute Gasteiger partial charge is 0.469 e. The first kappa shape index (κ1) is 22.9. The molecule has 9 nitrogen and oxygen atoms in total. The highest BCUT2D eigenvalue weighted by Crippen LogP contribution is 2.36. The maximum atomic E-state index is 13.3. The lowest BCUT2D eigenvalue weighted by Crippen LogP contribution is -2.74. The van der Waals surface area contributed by atoms with Gasteiger partial charge in [0.1, 0.15) is 12.1 Å². The number of methoxy groups -OCH3 is 2. The molecule has 0 bridgehead atoms. The Morgan fingerprint density at radius 1 is 0.912 bits per heavy atom. The number of esters is 2. The number of β-lactam (4-membered cyclic amide) rings is 1. The van der Waals surface area contributed by atoms with Crippen LogP contribution in [0.3, 0.4) is 0 Å². The molecule has 2 unspecified atom stereocenters. The van der Waals surface area contributed by atoms with Gasteiger partial charge in [-0.3, -0.25) is 24.1 Å². The highest BCUT2D eigenvalue weighted by Gasteiger charge is 2.58. The first-order valence-corrected chi connectivity index (χ1v) is 10.6. The van der Waals surface area contributed by atoms with Crippen LogP contribution in [0.1, 0.15) is 32.7 Å². The third kappa shape index (κ3) is 3.85. The van der Waals surface area contributed by atoms with E-state index in [9.17, 15) is 24.0 Å². The fourth-order valence-electron chi connectivity index (χ4n) is 4.25. The highest BCUT2D eigenvalue weighted by molar-refractivity contribution is 6.23. The van der Waals surface area contributed by atoms with Crippen molar-refractivity contribution in [3.05, 3.63) is 77.4 Å². The van der Waals surface area contributed by atoms with Gasteiger partial charge in [-0.15, -0.1) is 0 Å². The van der Waals surface area contributed by atoms with Gasteiger partial charge in [0.15, 0.2) is 0 Å². The molecule has 0 radical (unpaired) electrons. The molecule has 1 saturated heterocycles. The Morgan fingerprint density at radius 3 is 2.06 bits per heavy atom. The molecule has 0 aliphatic carbocycles. The molecule has 174 valence electrons. The second kappa shape index (κ2) is 9.30. The molecule has 0 saturated carbocycles. The van der Waals surface area contributed by atoms with E-state index >= 15 is 0 Å². The number of likely N-dealkylation sites (tertiary alicyclic amines) is 1. The molecule has 3 atom stereocenters. The van der Waals surface area contributed by atoms with Gasteiger partial charge in [-0.1, -0.05) is 54.6 Å². The molecule has 0 spiro atoms. The summed E-state index contributed by atoms with van der Waals surface area (Å²) < 4.78 is 9.49. The Hall–Kier alpha value is -4.27. The zero-order valence-electron chi connectivity index (χ0n) is 18.5. The van der Waals surface area contributed by atoms with Gasteiger partial charge >= 0.3 is 11.9 Å². The van der Waals surface area contributed by atoms with Crippen LogP contribution in [0.5, 0.6) is 0 Å². The number of ether oxygens (including phenoxy) is 2. The first-order chi connectivity index (χ1) is 16.4. The third-order valence-corrected chi connectivity index (χ3v) is 5.94. The normalized spacial score (nSPS) is 20.2. The Bertz CT molecular complexity index is 1160. The summed E-state index contributed by atoms with van der Waals surface area (Å²) >= 11 is 0. The monoisotopic (exact) mass is 462 g/mol. The van der Waals surface area contributed by atoms with Gasteiger partial charge in [-0.05, 0) is 17.7 Å². The maximum absolute atomic E-state index is 13.3. The van der Waals surface area contributed by atoms with E-state index in [0.717, 1.165) is 22.5 Å². The van der Waals surface area contributed by atoms with Crippen LogP contribution < -0.4 is 0 Å². The number of hydrogen-bond donors (Lipinski definition) is 0. The number of rotatable bonds is 7. The molecule has 9 heteroatoms. The quantitative estimate of drug-likeness (QED) is 0.350. The lowest BCUT2D eigenvalue weighted by atomic mass is 9.89. The van der Waals surface area contributed by atoms with Gasteiger partial charge in [0, 0.05) is 0 Å². The van der Waals surface area contributed by atoms with E-state index in [2.05, 4.69) is 4.74 Å².